The lowest BCUT2D eigenvalue weighted by Crippen LogP contribution is -2.08. The maximum absolute atomic E-state index is 14.9. The minimum atomic E-state index is -4.20. The van der Waals surface area contributed by atoms with Gasteiger partial charge in [0, 0.05) is 29.0 Å². The number of hydrogen-bond donors (Lipinski definition) is 0. The Bertz CT molecular complexity index is 1670. The summed E-state index contributed by atoms with van der Waals surface area (Å²) in [7, 11) is -4.20. The summed E-state index contributed by atoms with van der Waals surface area (Å²) in [6.07, 6.45) is 4.32. The maximum Gasteiger partial charge on any atom is 0.187 e. The Kier molecular flexibility index (Phi) is 6.13. The van der Waals surface area contributed by atoms with Crippen LogP contribution in [-0.4, -0.2) is 27.7 Å². The molecule has 5 aromatic rings. The second kappa shape index (κ2) is 9.25. The smallest absolute Gasteiger partial charge is 0.187 e. The van der Waals surface area contributed by atoms with Gasteiger partial charge in [0.05, 0.1) is 11.0 Å². The van der Waals surface area contributed by atoms with Gasteiger partial charge in [-0.3, -0.25) is 9.97 Å². The van der Waals surface area contributed by atoms with Gasteiger partial charge >= 0.3 is 0 Å². The van der Waals surface area contributed by atoms with E-state index in [9.17, 15) is 17.2 Å². The highest BCUT2D eigenvalue weighted by atomic mass is 35.5. The van der Waals surface area contributed by atoms with Crippen molar-refractivity contribution in [2.45, 2.75) is 10.6 Å². The third kappa shape index (κ3) is 4.83. The first-order valence-electron chi connectivity index (χ1n) is 9.96. The van der Waals surface area contributed by atoms with Crippen LogP contribution in [0.2, 0.25) is 5.02 Å². The van der Waals surface area contributed by atoms with E-state index in [1.54, 1.807) is 36.7 Å². The van der Waals surface area contributed by atoms with Gasteiger partial charge in [0.2, 0.25) is 0 Å². The normalized spacial score (nSPS) is 11.6. The summed E-state index contributed by atoms with van der Waals surface area (Å²) in [5.74, 6) is -3.10. The molecule has 5 rings (SSSR count). The van der Waals surface area contributed by atoms with Crippen molar-refractivity contribution >= 4 is 44.0 Å². The standard InChI is InChI=1S/C23H13ClF2N4O3S2/c24-14-2-4-20(15(8-14)13-1-3-18-19(7-13)28-6-5-27-18)33-21-9-17(26)22(10-16(21)25)35(31,32)11-23-29-12-30-34-23/h1-10,12H,11H2. The van der Waals surface area contributed by atoms with Crippen molar-refractivity contribution < 1.29 is 21.9 Å². The van der Waals surface area contributed by atoms with E-state index >= 15 is 0 Å². The summed E-state index contributed by atoms with van der Waals surface area (Å²) in [5, 5.41) is 0.562. The highest BCUT2D eigenvalue weighted by molar-refractivity contribution is 7.90. The summed E-state index contributed by atoms with van der Waals surface area (Å²) in [4.78, 5) is 11.5. The van der Waals surface area contributed by atoms with Gasteiger partial charge in [-0.05, 0) is 53.5 Å². The Morgan fingerprint density at radius 3 is 2.46 bits per heavy atom. The predicted octanol–water partition coefficient (Wildman–Crippen LogP) is 5.85. The van der Waals surface area contributed by atoms with Crippen molar-refractivity contribution in [1.82, 2.24) is 19.3 Å². The molecule has 176 valence electrons. The van der Waals surface area contributed by atoms with E-state index in [0.717, 1.165) is 11.5 Å². The second-order valence-corrected chi connectivity index (χ2v) is 10.6. The van der Waals surface area contributed by atoms with Gasteiger partial charge in [0.25, 0.3) is 0 Å². The second-order valence-electron chi connectivity index (χ2n) is 7.31. The van der Waals surface area contributed by atoms with E-state index in [1.165, 1.54) is 18.5 Å². The van der Waals surface area contributed by atoms with E-state index in [1.807, 2.05) is 0 Å². The number of halogens is 3. The SMILES string of the molecule is O=S(=O)(Cc1ncns1)c1cc(F)c(Oc2ccc(Cl)cc2-c2ccc3nccnc3c2)cc1F. The van der Waals surface area contributed by atoms with Crippen LogP contribution >= 0.6 is 23.1 Å². The fourth-order valence-electron chi connectivity index (χ4n) is 3.39. The number of aromatic nitrogens is 4. The maximum atomic E-state index is 14.9. The first-order valence-corrected chi connectivity index (χ1v) is 12.8. The molecule has 0 bridgehead atoms. The summed E-state index contributed by atoms with van der Waals surface area (Å²) < 4.78 is 64.3. The molecule has 0 saturated carbocycles. The number of nitrogens with zero attached hydrogens (tertiary/aromatic N) is 4. The fraction of sp³-hybridized carbons (Fsp3) is 0.0435. The van der Waals surface area contributed by atoms with Crippen molar-refractivity contribution in [3.8, 4) is 22.6 Å². The van der Waals surface area contributed by atoms with Crippen LogP contribution in [0.25, 0.3) is 22.2 Å². The third-order valence-electron chi connectivity index (χ3n) is 4.98. The number of hydrogen-bond acceptors (Lipinski definition) is 8. The molecule has 0 amide bonds. The number of sulfone groups is 1. The van der Waals surface area contributed by atoms with E-state index in [2.05, 4.69) is 19.3 Å². The topological polar surface area (TPSA) is 94.9 Å². The molecule has 2 heterocycles. The largest absolute Gasteiger partial charge is 0.454 e. The lowest BCUT2D eigenvalue weighted by Gasteiger charge is -2.14. The Balaban J connectivity index is 1.51. The average Bonchev–Trinajstić information content (AvgIpc) is 3.34. The number of fused-ring (bicyclic) bond motifs is 1. The van der Waals surface area contributed by atoms with E-state index < -0.39 is 37.9 Å². The van der Waals surface area contributed by atoms with Crippen LogP contribution in [0.3, 0.4) is 0 Å². The molecule has 0 fully saturated rings. The van der Waals surface area contributed by atoms with Crippen LogP contribution in [0.1, 0.15) is 5.01 Å². The Labute approximate surface area is 207 Å². The minimum absolute atomic E-state index is 0.163. The van der Waals surface area contributed by atoms with Crippen LogP contribution < -0.4 is 4.74 Å². The molecule has 0 aliphatic heterocycles. The molecule has 7 nitrogen and oxygen atoms in total. The van der Waals surface area contributed by atoms with Crippen LogP contribution in [0.4, 0.5) is 8.78 Å². The van der Waals surface area contributed by atoms with Crippen LogP contribution in [0.15, 0.2) is 72.1 Å². The highest BCUT2D eigenvalue weighted by Crippen LogP contribution is 2.38. The minimum Gasteiger partial charge on any atom is -0.454 e. The van der Waals surface area contributed by atoms with Crippen molar-refractivity contribution in [3.63, 3.8) is 0 Å². The molecule has 0 radical (unpaired) electrons. The van der Waals surface area contributed by atoms with Crippen LogP contribution in [-0.2, 0) is 15.6 Å². The Morgan fingerprint density at radius 1 is 0.886 bits per heavy atom. The monoisotopic (exact) mass is 530 g/mol. The molecule has 12 heteroatoms. The molecule has 3 aromatic carbocycles. The molecule has 35 heavy (non-hydrogen) atoms. The van der Waals surface area contributed by atoms with E-state index in [0.29, 0.717) is 39.3 Å². The summed E-state index contributed by atoms with van der Waals surface area (Å²) in [6.45, 7) is 0. The Morgan fingerprint density at radius 2 is 1.69 bits per heavy atom. The lowest BCUT2D eigenvalue weighted by molar-refractivity contribution is 0.433. The van der Waals surface area contributed by atoms with Crippen LogP contribution in [0.5, 0.6) is 11.5 Å². The first kappa shape index (κ1) is 23.2. The van der Waals surface area contributed by atoms with Crippen molar-refractivity contribution in [2.24, 2.45) is 0 Å². The van der Waals surface area contributed by atoms with Crippen LogP contribution in [0, 0.1) is 11.6 Å². The molecule has 0 aliphatic rings. The molecule has 0 atom stereocenters. The molecule has 0 unspecified atom stereocenters. The quantitative estimate of drug-likeness (QED) is 0.272. The zero-order valence-corrected chi connectivity index (χ0v) is 19.9. The van der Waals surface area contributed by atoms with Crippen molar-refractivity contribution in [1.29, 1.82) is 0 Å². The average molecular weight is 531 g/mol. The van der Waals surface area contributed by atoms with E-state index in [4.69, 9.17) is 16.3 Å². The molecule has 0 saturated heterocycles. The number of rotatable bonds is 6. The van der Waals surface area contributed by atoms with Gasteiger partial charge in [0.1, 0.15) is 33.6 Å². The van der Waals surface area contributed by atoms with Gasteiger partial charge < -0.3 is 4.74 Å². The molecule has 0 spiro atoms. The summed E-state index contributed by atoms with van der Waals surface area (Å²) in [6, 6.07) is 11.3. The van der Waals surface area contributed by atoms with Gasteiger partial charge in [-0.1, -0.05) is 17.7 Å². The summed E-state index contributed by atoms with van der Waals surface area (Å²) >= 11 is 7.04. The number of benzene rings is 3. The van der Waals surface area contributed by atoms with Gasteiger partial charge in [-0.2, -0.15) is 4.37 Å². The zero-order chi connectivity index (χ0) is 24.6. The predicted molar refractivity (Wildman–Crippen MR) is 127 cm³/mol. The van der Waals surface area contributed by atoms with Gasteiger partial charge in [0.15, 0.2) is 21.4 Å². The molecular weight excluding hydrogens is 518 g/mol. The van der Waals surface area contributed by atoms with Gasteiger partial charge in [-0.15, -0.1) is 0 Å². The zero-order valence-electron chi connectivity index (χ0n) is 17.5. The third-order valence-corrected chi connectivity index (χ3v) is 7.70. The van der Waals surface area contributed by atoms with Gasteiger partial charge in [-0.25, -0.2) is 22.2 Å². The lowest BCUT2D eigenvalue weighted by atomic mass is 10.0. The highest BCUT2D eigenvalue weighted by Gasteiger charge is 2.25. The van der Waals surface area contributed by atoms with Crippen molar-refractivity contribution in [2.75, 3.05) is 0 Å². The molecule has 0 aliphatic carbocycles. The van der Waals surface area contributed by atoms with E-state index in [-0.39, 0.29) is 10.8 Å². The molecular formula is C23H13ClF2N4O3S2. The molecule has 2 aromatic heterocycles. The first-order chi connectivity index (χ1) is 16.8. The van der Waals surface area contributed by atoms with Crippen molar-refractivity contribution in [3.05, 3.63) is 88.9 Å². The summed E-state index contributed by atoms with van der Waals surface area (Å²) in [5.41, 5.74) is 2.46. The molecule has 0 N–H and O–H groups in total. The fourth-order valence-corrected chi connectivity index (χ4v) is 5.75. The Hall–Kier alpha value is -3.54. The number of ether oxygens (including phenoxy) is 1.